The Labute approximate surface area is 136 Å². The number of aromatic carboxylic acids is 1. The average molecular weight is 359 g/mol. The lowest BCUT2D eigenvalue weighted by molar-refractivity contribution is -0.254. The summed E-state index contributed by atoms with van der Waals surface area (Å²) in [5.41, 5.74) is 1.83. The first kappa shape index (κ1) is 16.0. The summed E-state index contributed by atoms with van der Waals surface area (Å²) in [5, 5.41) is 13.7. The van der Waals surface area contributed by atoms with Gasteiger partial charge in [-0.15, -0.1) is 0 Å². The van der Waals surface area contributed by atoms with Crippen molar-refractivity contribution in [1.82, 2.24) is 0 Å². The minimum Gasteiger partial charge on any atom is -0.545 e. The van der Waals surface area contributed by atoms with Crippen LogP contribution in [0.3, 0.4) is 0 Å². The Kier molecular flexibility index (Phi) is 5.12. The van der Waals surface area contributed by atoms with Gasteiger partial charge in [0.05, 0.1) is 11.7 Å². The van der Waals surface area contributed by atoms with E-state index in [0.29, 0.717) is 4.47 Å². The molecule has 0 spiro atoms. The third-order valence-corrected chi connectivity index (χ3v) is 3.53. The largest absolute Gasteiger partial charge is 0.545 e. The summed E-state index contributed by atoms with van der Waals surface area (Å²) in [6.07, 6.45) is 1.43. The SMILES string of the molecule is C/C(=C\C(=O)Nc1ccc(Br)cc1C(=O)[O-])c1ccccc1. The zero-order valence-electron chi connectivity index (χ0n) is 11.8. The second kappa shape index (κ2) is 7.04. The van der Waals surface area contributed by atoms with Crippen molar-refractivity contribution in [3.8, 4) is 0 Å². The van der Waals surface area contributed by atoms with Gasteiger partial charge in [0.15, 0.2) is 0 Å². The topological polar surface area (TPSA) is 69.2 Å². The zero-order valence-corrected chi connectivity index (χ0v) is 13.4. The maximum atomic E-state index is 12.0. The summed E-state index contributed by atoms with van der Waals surface area (Å²) in [4.78, 5) is 23.1. The van der Waals surface area contributed by atoms with Gasteiger partial charge in [-0.3, -0.25) is 4.79 Å². The molecular formula is C17H13BrNO3-. The number of carboxylic acid groups (broad SMARTS) is 1. The van der Waals surface area contributed by atoms with Gasteiger partial charge in [0.1, 0.15) is 0 Å². The number of hydrogen-bond donors (Lipinski definition) is 1. The van der Waals surface area contributed by atoms with Crippen LogP contribution in [0.25, 0.3) is 5.57 Å². The van der Waals surface area contributed by atoms with Crippen LogP contribution in [-0.4, -0.2) is 11.9 Å². The van der Waals surface area contributed by atoms with E-state index in [0.717, 1.165) is 11.1 Å². The van der Waals surface area contributed by atoms with Gasteiger partial charge in [-0.1, -0.05) is 46.3 Å². The number of benzene rings is 2. The zero-order chi connectivity index (χ0) is 16.1. The Morgan fingerprint density at radius 1 is 1.14 bits per heavy atom. The van der Waals surface area contributed by atoms with Gasteiger partial charge < -0.3 is 15.2 Å². The van der Waals surface area contributed by atoms with Crippen LogP contribution in [0.1, 0.15) is 22.8 Å². The molecule has 112 valence electrons. The molecule has 0 aliphatic carbocycles. The predicted octanol–water partition coefficient (Wildman–Crippen LogP) is 2.85. The number of rotatable bonds is 4. The highest BCUT2D eigenvalue weighted by atomic mass is 79.9. The molecule has 0 atom stereocenters. The Bertz CT molecular complexity index is 739. The van der Waals surface area contributed by atoms with Crippen LogP contribution in [0.2, 0.25) is 0 Å². The number of carbonyl (C=O) groups excluding carboxylic acids is 2. The van der Waals surface area contributed by atoms with Gasteiger partial charge >= 0.3 is 0 Å². The van der Waals surface area contributed by atoms with Crippen LogP contribution in [-0.2, 0) is 4.79 Å². The van der Waals surface area contributed by atoms with Crippen LogP contribution in [0, 0.1) is 0 Å². The third kappa shape index (κ3) is 4.05. The molecule has 1 amide bonds. The van der Waals surface area contributed by atoms with Crippen molar-refractivity contribution in [3.05, 3.63) is 70.2 Å². The van der Waals surface area contributed by atoms with Crippen LogP contribution >= 0.6 is 15.9 Å². The molecule has 4 nitrogen and oxygen atoms in total. The first-order valence-corrected chi connectivity index (χ1v) is 7.32. The summed E-state index contributed by atoms with van der Waals surface area (Å²) in [6.45, 7) is 1.82. The molecule has 0 unspecified atom stereocenters. The van der Waals surface area contributed by atoms with E-state index in [9.17, 15) is 14.7 Å². The standard InChI is InChI=1S/C17H14BrNO3/c1-11(12-5-3-2-4-6-12)9-16(20)19-15-8-7-13(18)10-14(15)17(21)22/h2-10H,1H3,(H,19,20)(H,21,22)/p-1/b11-9+. The quantitative estimate of drug-likeness (QED) is 0.854. The molecule has 0 heterocycles. The molecule has 5 heteroatoms. The lowest BCUT2D eigenvalue weighted by Crippen LogP contribution is -2.24. The van der Waals surface area contributed by atoms with Crippen molar-refractivity contribution < 1.29 is 14.7 Å². The minimum absolute atomic E-state index is 0.0755. The summed E-state index contributed by atoms with van der Waals surface area (Å²) < 4.78 is 0.598. The van der Waals surface area contributed by atoms with Gasteiger partial charge in [-0.05, 0) is 36.3 Å². The third-order valence-electron chi connectivity index (χ3n) is 3.04. The lowest BCUT2D eigenvalue weighted by Gasteiger charge is -2.11. The maximum Gasteiger partial charge on any atom is 0.248 e. The number of amides is 1. The first-order chi connectivity index (χ1) is 10.5. The first-order valence-electron chi connectivity index (χ1n) is 6.53. The Hall–Kier alpha value is -2.40. The molecule has 2 aromatic rings. The van der Waals surface area contributed by atoms with Crippen LogP contribution in [0.5, 0.6) is 0 Å². The Morgan fingerprint density at radius 2 is 1.82 bits per heavy atom. The highest BCUT2D eigenvalue weighted by molar-refractivity contribution is 9.10. The van der Waals surface area contributed by atoms with Crippen molar-refractivity contribution in [2.75, 3.05) is 5.32 Å². The summed E-state index contributed by atoms with van der Waals surface area (Å²) in [7, 11) is 0. The molecule has 0 fully saturated rings. The Balaban J connectivity index is 2.21. The van der Waals surface area contributed by atoms with Gasteiger partial charge in [-0.2, -0.15) is 0 Å². The van der Waals surface area contributed by atoms with E-state index >= 15 is 0 Å². The minimum atomic E-state index is -1.35. The fourth-order valence-electron chi connectivity index (χ4n) is 1.94. The molecule has 0 aliphatic heterocycles. The highest BCUT2D eigenvalue weighted by Crippen LogP contribution is 2.21. The van der Waals surface area contributed by atoms with E-state index < -0.39 is 11.9 Å². The number of halogens is 1. The molecule has 0 aromatic heterocycles. The molecule has 2 rings (SSSR count). The van der Waals surface area contributed by atoms with Crippen molar-refractivity contribution in [1.29, 1.82) is 0 Å². The van der Waals surface area contributed by atoms with Crippen molar-refractivity contribution in [3.63, 3.8) is 0 Å². The predicted molar refractivity (Wildman–Crippen MR) is 87.2 cm³/mol. The van der Waals surface area contributed by atoms with Gasteiger partial charge in [-0.25, -0.2) is 0 Å². The number of anilines is 1. The van der Waals surface area contributed by atoms with E-state index in [-0.39, 0.29) is 11.3 Å². The highest BCUT2D eigenvalue weighted by Gasteiger charge is 2.07. The van der Waals surface area contributed by atoms with Gasteiger partial charge in [0.25, 0.3) is 0 Å². The van der Waals surface area contributed by atoms with Crippen LogP contribution in [0.15, 0.2) is 59.1 Å². The normalized spacial score (nSPS) is 11.1. The monoisotopic (exact) mass is 358 g/mol. The molecule has 22 heavy (non-hydrogen) atoms. The number of carboxylic acids is 1. The maximum absolute atomic E-state index is 12.0. The lowest BCUT2D eigenvalue weighted by atomic mass is 10.1. The smallest absolute Gasteiger partial charge is 0.248 e. The Morgan fingerprint density at radius 3 is 2.45 bits per heavy atom. The fourth-order valence-corrected chi connectivity index (χ4v) is 2.31. The number of carbonyl (C=O) groups is 2. The molecule has 1 N–H and O–H groups in total. The van der Waals surface area contributed by atoms with Gasteiger partial charge in [0.2, 0.25) is 5.91 Å². The summed E-state index contributed by atoms with van der Waals surface area (Å²) in [6, 6.07) is 14.0. The average Bonchev–Trinajstić information content (AvgIpc) is 2.49. The van der Waals surface area contributed by atoms with E-state index in [1.165, 1.54) is 18.2 Å². The van der Waals surface area contributed by atoms with E-state index in [1.54, 1.807) is 6.07 Å². The number of allylic oxidation sites excluding steroid dienone is 1. The molecule has 0 saturated carbocycles. The summed E-state index contributed by atoms with van der Waals surface area (Å²) >= 11 is 3.19. The molecule has 0 aliphatic rings. The van der Waals surface area contributed by atoms with Gasteiger partial charge in [0, 0.05) is 16.1 Å². The fraction of sp³-hybridized carbons (Fsp3) is 0.0588. The van der Waals surface area contributed by atoms with Crippen molar-refractivity contribution in [2.24, 2.45) is 0 Å². The van der Waals surface area contributed by atoms with Crippen molar-refractivity contribution >= 4 is 39.1 Å². The van der Waals surface area contributed by atoms with E-state index in [1.807, 2.05) is 37.3 Å². The van der Waals surface area contributed by atoms with Crippen molar-refractivity contribution in [2.45, 2.75) is 6.92 Å². The van der Waals surface area contributed by atoms with Crippen LogP contribution in [0.4, 0.5) is 5.69 Å². The molecule has 0 saturated heterocycles. The molecule has 0 radical (unpaired) electrons. The molecule has 0 bridgehead atoms. The second-order valence-electron chi connectivity index (χ2n) is 4.66. The number of hydrogen-bond acceptors (Lipinski definition) is 3. The van der Waals surface area contributed by atoms with Crippen LogP contribution < -0.4 is 10.4 Å². The van der Waals surface area contributed by atoms with E-state index in [2.05, 4.69) is 21.2 Å². The second-order valence-corrected chi connectivity index (χ2v) is 5.58. The molecule has 2 aromatic carbocycles. The van der Waals surface area contributed by atoms with E-state index in [4.69, 9.17) is 0 Å². The number of nitrogens with one attached hydrogen (secondary N) is 1. The summed E-state index contributed by atoms with van der Waals surface area (Å²) in [5.74, 6) is -1.74. The molecular weight excluding hydrogens is 346 g/mol.